The third kappa shape index (κ3) is 1.20. The van der Waals surface area contributed by atoms with Crippen LogP contribution in [0.4, 0.5) is 4.39 Å². The van der Waals surface area contributed by atoms with Gasteiger partial charge in [-0.15, -0.1) is 0 Å². The Kier molecular flexibility index (Phi) is 1.84. The van der Waals surface area contributed by atoms with Crippen LogP contribution in [0.1, 0.15) is 18.9 Å². The topological polar surface area (TPSA) is 37.3 Å². The predicted octanol–water partition coefficient (Wildman–Crippen LogP) is 2.19. The van der Waals surface area contributed by atoms with Crippen molar-refractivity contribution >= 4 is 5.97 Å². The fourth-order valence-electron chi connectivity index (χ4n) is 1.95. The Bertz CT molecular complexity index is 389. The van der Waals surface area contributed by atoms with Gasteiger partial charge in [0, 0.05) is 5.41 Å². The molecule has 14 heavy (non-hydrogen) atoms. The molecule has 0 heterocycles. The summed E-state index contributed by atoms with van der Waals surface area (Å²) in [5.41, 5.74) is 0.0179. The van der Waals surface area contributed by atoms with Gasteiger partial charge in [-0.05, 0) is 18.1 Å². The van der Waals surface area contributed by atoms with E-state index in [4.69, 9.17) is 5.11 Å². The summed E-state index contributed by atoms with van der Waals surface area (Å²) in [5, 5.41) is 8.82. The first-order valence-corrected chi connectivity index (χ1v) is 4.53. The maximum Gasteiger partial charge on any atom is 0.307 e. The van der Waals surface area contributed by atoms with Crippen LogP contribution >= 0.6 is 0 Å². The molecule has 1 aromatic rings. The van der Waals surface area contributed by atoms with Crippen molar-refractivity contribution in [2.45, 2.75) is 18.8 Å². The molecule has 1 N–H and O–H groups in total. The zero-order valence-corrected chi connectivity index (χ0v) is 7.83. The Morgan fingerprint density at radius 1 is 1.57 bits per heavy atom. The summed E-state index contributed by atoms with van der Waals surface area (Å²) in [6, 6.07) is 6.39. The third-order valence-corrected chi connectivity index (χ3v) is 3.02. The third-order valence-electron chi connectivity index (χ3n) is 3.02. The monoisotopic (exact) mass is 194 g/mol. The highest BCUT2D eigenvalue weighted by molar-refractivity contribution is 5.77. The summed E-state index contributed by atoms with van der Waals surface area (Å²) in [4.78, 5) is 10.7. The van der Waals surface area contributed by atoms with Gasteiger partial charge in [0.1, 0.15) is 5.82 Å². The molecule has 1 fully saturated rings. The van der Waals surface area contributed by atoms with Crippen molar-refractivity contribution in [1.82, 2.24) is 0 Å². The molecule has 74 valence electrons. The van der Waals surface area contributed by atoms with E-state index in [-0.39, 0.29) is 5.82 Å². The quantitative estimate of drug-likeness (QED) is 0.783. The lowest BCUT2D eigenvalue weighted by atomic mass is 9.95. The van der Waals surface area contributed by atoms with Crippen molar-refractivity contribution in [2.24, 2.45) is 5.92 Å². The molecule has 1 aliphatic rings. The Morgan fingerprint density at radius 2 is 2.21 bits per heavy atom. The van der Waals surface area contributed by atoms with E-state index in [1.165, 1.54) is 6.07 Å². The normalized spacial score (nSPS) is 30.0. The molecular weight excluding hydrogens is 183 g/mol. The average Bonchev–Trinajstić information content (AvgIpc) is 2.80. The molecule has 0 amide bonds. The average molecular weight is 194 g/mol. The number of hydrogen-bond donors (Lipinski definition) is 1. The van der Waals surface area contributed by atoms with Crippen molar-refractivity contribution in [1.29, 1.82) is 0 Å². The summed E-state index contributed by atoms with van der Waals surface area (Å²) < 4.78 is 13.4. The molecule has 0 bridgehead atoms. The minimum absolute atomic E-state index is 0.307. The standard InChI is InChI=1S/C11H11FO2/c1-11(6-8(11)10(13)14)7-4-2-3-5-9(7)12/h2-5,8H,6H2,1H3,(H,13,14)/t8-,11-/m1/s1. The minimum Gasteiger partial charge on any atom is -0.481 e. The van der Waals surface area contributed by atoms with Gasteiger partial charge in [0.2, 0.25) is 0 Å². The second-order valence-corrected chi connectivity index (χ2v) is 3.99. The van der Waals surface area contributed by atoms with Crippen LogP contribution in [0, 0.1) is 11.7 Å². The maximum atomic E-state index is 13.4. The van der Waals surface area contributed by atoms with E-state index >= 15 is 0 Å². The number of aliphatic carboxylic acids is 1. The highest BCUT2D eigenvalue weighted by Crippen LogP contribution is 2.54. The number of rotatable bonds is 2. The number of halogens is 1. The van der Waals surface area contributed by atoms with Crippen LogP contribution in [0.25, 0.3) is 0 Å². The van der Waals surface area contributed by atoms with Crippen LogP contribution in [0.5, 0.6) is 0 Å². The summed E-state index contributed by atoms with van der Waals surface area (Å²) in [6.45, 7) is 1.80. The molecule has 3 heteroatoms. The van der Waals surface area contributed by atoms with Crippen molar-refractivity contribution < 1.29 is 14.3 Å². The zero-order valence-electron chi connectivity index (χ0n) is 7.83. The van der Waals surface area contributed by atoms with Crippen LogP contribution in [0.15, 0.2) is 24.3 Å². The molecule has 1 saturated carbocycles. The van der Waals surface area contributed by atoms with Crippen LogP contribution in [-0.2, 0) is 10.2 Å². The maximum absolute atomic E-state index is 13.4. The molecule has 1 aromatic carbocycles. The van der Waals surface area contributed by atoms with E-state index in [1.54, 1.807) is 25.1 Å². The van der Waals surface area contributed by atoms with Gasteiger partial charge in [-0.3, -0.25) is 4.79 Å². The number of carbonyl (C=O) groups is 1. The van der Waals surface area contributed by atoms with Gasteiger partial charge in [0.05, 0.1) is 5.92 Å². The lowest BCUT2D eigenvalue weighted by Gasteiger charge is -2.10. The second kappa shape index (κ2) is 2.80. The summed E-state index contributed by atoms with van der Waals surface area (Å²) in [7, 11) is 0. The molecular formula is C11H11FO2. The first kappa shape index (κ1) is 9.19. The first-order valence-electron chi connectivity index (χ1n) is 4.53. The van der Waals surface area contributed by atoms with E-state index < -0.39 is 17.3 Å². The van der Waals surface area contributed by atoms with Crippen molar-refractivity contribution in [3.8, 4) is 0 Å². The van der Waals surface area contributed by atoms with Crippen LogP contribution in [0.2, 0.25) is 0 Å². The Hall–Kier alpha value is -1.38. The fraction of sp³-hybridized carbons (Fsp3) is 0.364. The molecule has 0 unspecified atom stereocenters. The molecule has 1 aliphatic carbocycles. The molecule has 2 nitrogen and oxygen atoms in total. The summed E-state index contributed by atoms with van der Waals surface area (Å²) >= 11 is 0. The van der Waals surface area contributed by atoms with E-state index in [1.807, 2.05) is 0 Å². The van der Waals surface area contributed by atoms with Gasteiger partial charge in [0.15, 0.2) is 0 Å². The first-order chi connectivity index (χ1) is 6.55. The van der Waals surface area contributed by atoms with Crippen molar-refractivity contribution in [3.05, 3.63) is 35.6 Å². The Balaban J connectivity index is 2.34. The molecule has 2 atom stereocenters. The Labute approximate surface area is 81.4 Å². The second-order valence-electron chi connectivity index (χ2n) is 3.99. The van der Waals surface area contributed by atoms with Crippen molar-refractivity contribution in [2.75, 3.05) is 0 Å². The van der Waals surface area contributed by atoms with Gasteiger partial charge in [-0.2, -0.15) is 0 Å². The molecule has 2 rings (SSSR count). The molecule has 0 saturated heterocycles. The van der Waals surface area contributed by atoms with Crippen molar-refractivity contribution in [3.63, 3.8) is 0 Å². The highest BCUT2D eigenvalue weighted by atomic mass is 19.1. The van der Waals surface area contributed by atoms with Gasteiger partial charge in [-0.25, -0.2) is 4.39 Å². The minimum atomic E-state index is -0.837. The molecule has 0 spiro atoms. The Morgan fingerprint density at radius 3 is 2.71 bits per heavy atom. The van der Waals surface area contributed by atoms with Gasteiger partial charge in [-0.1, -0.05) is 25.1 Å². The van der Waals surface area contributed by atoms with E-state index in [0.717, 1.165) is 0 Å². The summed E-state index contributed by atoms with van der Waals surface area (Å²) in [6.07, 6.45) is 0.531. The highest BCUT2D eigenvalue weighted by Gasteiger charge is 2.56. The number of carboxylic acids is 1. The molecule has 0 aromatic heterocycles. The molecule has 0 aliphatic heterocycles. The lowest BCUT2D eigenvalue weighted by Crippen LogP contribution is -2.12. The van der Waals surface area contributed by atoms with Gasteiger partial charge in [0.25, 0.3) is 0 Å². The predicted molar refractivity (Wildman–Crippen MR) is 49.5 cm³/mol. The fourth-order valence-corrected chi connectivity index (χ4v) is 1.95. The lowest BCUT2D eigenvalue weighted by molar-refractivity contribution is -0.138. The van der Waals surface area contributed by atoms with Gasteiger partial charge >= 0.3 is 5.97 Å². The smallest absolute Gasteiger partial charge is 0.307 e. The summed E-state index contributed by atoms with van der Waals surface area (Å²) in [5.74, 6) is -1.58. The number of hydrogen-bond acceptors (Lipinski definition) is 1. The van der Waals surface area contributed by atoms with E-state index in [2.05, 4.69) is 0 Å². The zero-order chi connectivity index (χ0) is 10.3. The van der Waals surface area contributed by atoms with Gasteiger partial charge < -0.3 is 5.11 Å². The number of carboxylic acid groups (broad SMARTS) is 1. The van der Waals surface area contributed by atoms with Crippen LogP contribution < -0.4 is 0 Å². The largest absolute Gasteiger partial charge is 0.481 e. The number of benzene rings is 1. The van der Waals surface area contributed by atoms with E-state index in [9.17, 15) is 9.18 Å². The SMILES string of the molecule is C[C@]1(c2ccccc2F)C[C@@H]1C(=O)O. The van der Waals surface area contributed by atoms with Crippen LogP contribution in [0.3, 0.4) is 0 Å². The molecule has 0 radical (unpaired) electrons. The van der Waals surface area contributed by atoms with E-state index in [0.29, 0.717) is 12.0 Å². The van der Waals surface area contributed by atoms with Crippen LogP contribution in [-0.4, -0.2) is 11.1 Å².